The van der Waals surface area contributed by atoms with E-state index in [1.165, 1.54) is 13.2 Å². The number of H-pyrrole nitrogens is 2. The molecule has 3 aromatic rings. The molecule has 11 heteroatoms. The summed E-state index contributed by atoms with van der Waals surface area (Å²) >= 11 is 13.2. The van der Waals surface area contributed by atoms with Crippen molar-refractivity contribution in [2.24, 2.45) is 0 Å². The smallest absolute Gasteiger partial charge is 0.326 e. The number of methoxy groups -OCH3 is 1. The van der Waals surface area contributed by atoms with Crippen LogP contribution in [0.15, 0.2) is 44.7 Å². The van der Waals surface area contributed by atoms with Crippen molar-refractivity contribution in [3.8, 4) is 11.1 Å². The molecule has 0 spiro atoms. The Kier molecular flexibility index (Phi) is 6.21. The lowest BCUT2D eigenvalue weighted by Crippen LogP contribution is -2.22. The summed E-state index contributed by atoms with van der Waals surface area (Å²) in [5, 5.41) is 8.90. The van der Waals surface area contributed by atoms with Crippen LogP contribution in [0.5, 0.6) is 0 Å². The molecule has 0 amide bonds. The Balaban J connectivity index is 2.38. The molecule has 3 rings (SSSR count). The van der Waals surface area contributed by atoms with E-state index in [0.29, 0.717) is 6.07 Å². The number of rotatable bonds is 5. The van der Waals surface area contributed by atoms with Gasteiger partial charge in [0.1, 0.15) is 23.7 Å². The molecule has 6 nitrogen and oxygen atoms in total. The van der Waals surface area contributed by atoms with Crippen molar-refractivity contribution < 1.29 is 18.6 Å². The summed E-state index contributed by atoms with van der Waals surface area (Å²) in [5.41, 5.74) is -1.41. The lowest BCUT2D eigenvalue weighted by atomic mass is 10.0. The van der Waals surface area contributed by atoms with Crippen LogP contribution in [0.25, 0.3) is 22.0 Å². The molecular weight excluding hydrogens is 449 g/mol. The molecule has 3 N–H and O–H groups in total. The first kappa shape index (κ1) is 21.2. The second kappa shape index (κ2) is 8.48. The maximum atomic E-state index is 14.6. The molecule has 2 aromatic carbocycles. The number of nitrogens with one attached hydrogen (secondary N) is 2. The fourth-order valence-corrected chi connectivity index (χ4v) is 4.32. The van der Waals surface area contributed by atoms with Crippen molar-refractivity contribution >= 4 is 45.9 Å². The highest BCUT2D eigenvalue weighted by atomic mass is 35.5. The van der Waals surface area contributed by atoms with Crippen molar-refractivity contribution in [1.82, 2.24) is 9.97 Å². The number of aromatic amines is 2. The van der Waals surface area contributed by atoms with E-state index in [4.69, 9.17) is 27.9 Å². The van der Waals surface area contributed by atoms with Crippen LogP contribution in [-0.2, 0) is 4.74 Å². The van der Waals surface area contributed by atoms with E-state index in [-0.39, 0.29) is 48.5 Å². The molecule has 0 radical (unpaired) electrons. The molecule has 152 valence electrons. The SMILES string of the molecule is CO/C(=C\O)CSc1c(-c2cc(Cl)c(F)cc2F)c(Cl)cc2c(=O)[nH]c(=O)[nH]c12. The number of aromatic nitrogens is 2. The summed E-state index contributed by atoms with van der Waals surface area (Å²) < 4.78 is 33.2. The summed E-state index contributed by atoms with van der Waals surface area (Å²) in [7, 11) is 1.34. The minimum Gasteiger partial charge on any atom is -0.512 e. The van der Waals surface area contributed by atoms with E-state index >= 15 is 0 Å². The molecule has 0 atom stereocenters. The van der Waals surface area contributed by atoms with Crippen LogP contribution < -0.4 is 11.2 Å². The highest BCUT2D eigenvalue weighted by Gasteiger charge is 2.22. The lowest BCUT2D eigenvalue weighted by Gasteiger charge is -2.16. The number of hydrogen-bond acceptors (Lipinski definition) is 5. The fourth-order valence-electron chi connectivity index (χ4n) is 2.65. The molecule has 0 saturated heterocycles. The summed E-state index contributed by atoms with van der Waals surface area (Å²) in [6, 6.07) is 2.94. The van der Waals surface area contributed by atoms with Crippen LogP contribution in [0.1, 0.15) is 0 Å². The third-order valence-electron chi connectivity index (χ3n) is 3.99. The normalized spacial score (nSPS) is 11.8. The van der Waals surface area contributed by atoms with E-state index in [1.54, 1.807) is 0 Å². The minimum atomic E-state index is -0.950. The van der Waals surface area contributed by atoms with Gasteiger partial charge in [0.2, 0.25) is 0 Å². The van der Waals surface area contributed by atoms with E-state index in [0.717, 1.165) is 24.1 Å². The van der Waals surface area contributed by atoms with Crippen molar-refractivity contribution in [2.75, 3.05) is 12.9 Å². The van der Waals surface area contributed by atoms with Gasteiger partial charge in [-0.15, -0.1) is 11.8 Å². The van der Waals surface area contributed by atoms with Gasteiger partial charge in [0, 0.05) is 22.1 Å². The first-order valence-corrected chi connectivity index (χ1v) is 9.64. The quantitative estimate of drug-likeness (QED) is 0.293. The lowest BCUT2D eigenvalue weighted by molar-refractivity contribution is 0.275. The predicted octanol–water partition coefficient (Wildman–Crippen LogP) is 4.61. The van der Waals surface area contributed by atoms with Gasteiger partial charge in [-0.2, -0.15) is 0 Å². The number of ether oxygens (including phenoxy) is 1. The van der Waals surface area contributed by atoms with Gasteiger partial charge in [0.25, 0.3) is 5.56 Å². The van der Waals surface area contributed by atoms with Crippen LogP contribution >= 0.6 is 35.0 Å². The third-order valence-corrected chi connectivity index (χ3v) is 5.70. The predicted molar refractivity (Wildman–Crippen MR) is 109 cm³/mol. The number of fused-ring (bicyclic) bond motifs is 1. The number of hydrogen-bond donors (Lipinski definition) is 3. The average Bonchev–Trinajstić information content (AvgIpc) is 2.66. The molecule has 0 aliphatic rings. The first-order chi connectivity index (χ1) is 13.8. The van der Waals surface area contributed by atoms with Gasteiger partial charge in [-0.3, -0.25) is 9.78 Å². The molecule has 1 aromatic heterocycles. The molecule has 0 unspecified atom stereocenters. The summed E-state index contributed by atoms with van der Waals surface area (Å²) in [6.07, 6.45) is 0.740. The molecule has 1 heterocycles. The summed E-state index contributed by atoms with van der Waals surface area (Å²) in [4.78, 5) is 28.8. The molecule has 29 heavy (non-hydrogen) atoms. The fraction of sp³-hybridized carbons (Fsp3) is 0.111. The Labute approximate surface area is 176 Å². The monoisotopic (exact) mass is 460 g/mol. The second-order valence-electron chi connectivity index (χ2n) is 5.73. The van der Waals surface area contributed by atoms with E-state index in [2.05, 4.69) is 9.97 Å². The highest BCUT2D eigenvalue weighted by Crippen LogP contribution is 2.43. The van der Waals surface area contributed by atoms with E-state index in [9.17, 15) is 23.5 Å². The van der Waals surface area contributed by atoms with Gasteiger partial charge >= 0.3 is 5.69 Å². The van der Waals surface area contributed by atoms with Crippen LogP contribution in [-0.4, -0.2) is 27.9 Å². The van der Waals surface area contributed by atoms with Gasteiger partial charge < -0.3 is 14.8 Å². The largest absolute Gasteiger partial charge is 0.512 e. The third kappa shape index (κ3) is 4.12. The van der Waals surface area contributed by atoms with Crippen molar-refractivity contribution in [3.05, 3.63) is 72.7 Å². The van der Waals surface area contributed by atoms with Crippen molar-refractivity contribution in [3.63, 3.8) is 0 Å². The van der Waals surface area contributed by atoms with Gasteiger partial charge in [-0.1, -0.05) is 23.2 Å². The van der Waals surface area contributed by atoms with Crippen molar-refractivity contribution in [1.29, 1.82) is 0 Å². The number of halogens is 4. The number of aliphatic hydroxyl groups is 1. The second-order valence-corrected chi connectivity index (χ2v) is 7.53. The maximum Gasteiger partial charge on any atom is 0.326 e. The van der Waals surface area contributed by atoms with Gasteiger partial charge in [0.05, 0.1) is 33.8 Å². The number of benzene rings is 2. The average molecular weight is 461 g/mol. The van der Waals surface area contributed by atoms with E-state index in [1.807, 2.05) is 0 Å². The summed E-state index contributed by atoms with van der Waals surface area (Å²) in [6.45, 7) is 0. The Bertz CT molecular complexity index is 1260. The van der Waals surface area contributed by atoms with Crippen LogP contribution in [0.4, 0.5) is 8.78 Å². The Morgan fingerprint density at radius 1 is 1.17 bits per heavy atom. The molecule has 0 saturated carbocycles. The molecule has 0 fully saturated rings. The highest BCUT2D eigenvalue weighted by molar-refractivity contribution is 7.99. The Morgan fingerprint density at radius 3 is 2.55 bits per heavy atom. The van der Waals surface area contributed by atoms with Crippen LogP contribution in [0, 0.1) is 11.6 Å². The van der Waals surface area contributed by atoms with E-state index < -0.39 is 22.9 Å². The topological polar surface area (TPSA) is 95.2 Å². The van der Waals surface area contributed by atoms with Gasteiger partial charge in [0.15, 0.2) is 0 Å². The zero-order chi connectivity index (χ0) is 21.3. The molecule has 0 aliphatic carbocycles. The Morgan fingerprint density at radius 2 is 1.90 bits per heavy atom. The Hall–Kier alpha value is -2.49. The minimum absolute atomic E-state index is 0.0222. The first-order valence-electron chi connectivity index (χ1n) is 7.90. The zero-order valence-corrected chi connectivity index (χ0v) is 16.9. The molecule has 0 aliphatic heterocycles. The van der Waals surface area contributed by atoms with Crippen LogP contribution in [0.3, 0.4) is 0 Å². The molecule has 0 bridgehead atoms. The van der Waals surface area contributed by atoms with Gasteiger partial charge in [-0.05, 0) is 12.1 Å². The van der Waals surface area contributed by atoms with Crippen molar-refractivity contribution in [2.45, 2.75) is 4.90 Å². The standard InChI is InChI=1S/C18H12Cl2F2N2O4S/c1-28-7(5-25)6-29-16-14(8-2-10(19)13(22)4-12(8)21)11(20)3-9-15(16)23-18(27)24-17(9)26/h2-5,25H,6H2,1H3,(H2,23,24,26,27)/b7-5-. The summed E-state index contributed by atoms with van der Waals surface area (Å²) in [5.74, 6) is -1.67. The number of aliphatic hydroxyl groups excluding tert-OH is 1. The van der Waals surface area contributed by atoms with Gasteiger partial charge in [-0.25, -0.2) is 13.6 Å². The maximum absolute atomic E-state index is 14.6. The van der Waals surface area contributed by atoms with Crippen LogP contribution in [0.2, 0.25) is 10.0 Å². The number of thioether (sulfide) groups is 1. The zero-order valence-electron chi connectivity index (χ0n) is 14.6. The molecular formula is C18H12Cl2F2N2O4S.